The molecule has 198 valence electrons. The lowest BCUT2D eigenvalue weighted by molar-refractivity contribution is 0.371. The molecule has 3 rings (SSSR count). The van der Waals surface area contributed by atoms with Crippen molar-refractivity contribution in [2.24, 2.45) is 10.2 Å². The number of nitrogens with zero attached hydrogens (tertiary/aromatic N) is 4. The van der Waals surface area contributed by atoms with Crippen molar-refractivity contribution < 1.29 is 28.5 Å². The monoisotopic (exact) mass is 610 g/mol. The van der Waals surface area contributed by atoms with Crippen LogP contribution >= 0.6 is 21.7 Å². The molecule has 2 atom stereocenters. The van der Waals surface area contributed by atoms with Crippen LogP contribution in [0.25, 0.3) is 0 Å². The van der Waals surface area contributed by atoms with Crippen LogP contribution < -0.4 is 9.05 Å². The standard InChI is InChI=1S/C23H23N4O6P3S2/c1-26(24-15-18-3-9-21(28)10-4-18)34(37)32-22-11-5-19(6-12-22)16-25-27(2)35(38)33-23-13-7-20(8-14-23)17-36(29,30)31/h3-16H,17H2,1-2H3,(H-2,24,28,29,30,31)/p+2/b25-16-. The van der Waals surface area contributed by atoms with Gasteiger partial charge >= 0.3 is 21.7 Å². The molecule has 15 heteroatoms. The first-order valence-corrected chi connectivity index (χ1v) is 17.1. The second-order valence-electron chi connectivity index (χ2n) is 7.75. The number of phenolic OH excluding ortho intramolecular Hbond substituents is 1. The fourth-order valence-electron chi connectivity index (χ4n) is 2.75. The molecule has 0 bridgehead atoms. The Morgan fingerprint density at radius 2 is 1.18 bits per heavy atom. The highest BCUT2D eigenvalue weighted by molar-refractivity contribution is 8.02. The van der Waals surface area contributed by atoms with Crippen LogP contribution in [0, 0.1) is 0 Å². The Labute approximate surface area is 232 Å². The highest BCUT2D eigenvalue weighted by Gasteiger charge is 2.22. The number of aromatic hydroxyl groups is 1. The molecule has 0 aliphatic carbocycles. The minimum atomic E-state index is -4.13. The Bertz CT molecular complexity index is 1370. The molecule has 0 saturated heterocycles. The van der Waals surface area contributed by atoms with Gasteiger partial charge in [-0.1, -0.05) is 21.7 Å². The molecule has 38 heavy (non-hydrogen) atoms. The van der Waals surface area contributed by atoms with Gasteiger partial charge in [-0.25, -0.2) is 0 Å². The zero-order valence-corrected chi connectivity index (χ0v) is 24.6. The third-order valence-electron chi connectivity index (χ3n) is 4.67. The third-order valence-corrected chi connectivity index (χ3v) is 9.20. The summed E-state index contributed by atoms with van der Waals surface area (Å²) < 4.78 is 25.8. The van der Waals surface area contributed by atoms with E-state index in [1.807, 2.05) is 12.1 Å². The molecule has 0 amide bonds. The van der Waals surface area contributed by atoms with Crippen LogP contribution in [0.2, 0.25) is 0 Å². The quantitative estimate of drug-likeness (QED) is 0.141. The lowest BCUT2D eigenvalue weighted by Crippen LogP contribution is -2.04. The molecule has 0 aliphatic rings. The largest absolute Gasteiger partial charge is 0.540 e. The van der Waals surface area contributed by atoms with Crippen LogP contribution in [0.15, 0.2) is 83.0 Å². The van der Waals surface area contributed by atoms with Gasteiger partial charge in [0.15, 0.2) is 11.5 Å². The Morgan fingerprint density at radius 3 is 1.61 bits per heavy atom. The van der Waals surface area contributed by atoms with E-state index in [1.54, 1.807) is 92.0 Å². The summed E-state index contributed by atoms with van der Waals surface area (Å²) in [6.45, 7) is 0. The molecule has 3 aromatic carbocycles. The molecule has 0 heterocycles. The molecule has 10 nitrogen and oxygen atoms in total. The second-order valence-corrected chi connectivity index (χ2v) is 13.7. The summed E-state index contributed by atoms with van der Waals surface area (Å²) in [5, 5.41) is 18.0. The van der Waals surface area contributed by atoms with E-state index in [0.717, 1.165) is 11.1 Å². The maximum Gasteiger partial charge on any atom is 0.540 e. The van der Waals surface area contributed by atoms with Crippen LogP contribution in [-0.4, -0.2) is 51.0 Å². The normalized spacial score (nSPS) is 12.4. The average molecular weight is 611 g/mol. The fourth-order valence-corrected chi connectivity index (χ4v) is 5.32. The molecule has 2 unspecified atom stereocenters. The number of phenols is 1. The van der Waals surface area contributed by atoms with Gasteiger partial charge in [0.2, 0.25) is 23.6 Å². The maximum atomic E-state index is 11.1. The van der Waals surface area contributed by atoms with E-state index in [-0.39, 0.29) is 11.9 Å². The zero-order chi connectivity index (χ0) is 27.7. The van der Waals surface area contributed by atoms with E-state index in [9.17, 15) is 9.67 Å². The Morgan fingerprint density at radius 1 is 0.789 bits per heavy atom. The number of benzene rings is 3. The molecular weight excluding hydrogens is 585 g/mol. The van der Waals surface area contributed by atoms with E-state index >= 15 is 0 Å². The summed E-state index contributed by atoms with van der Waals surface area (Å²) >= 11 is 10.8. The molecule has 3 aromatic rings. The molecular formula is C23H25N4O6P3S2+2. The number of hydrazone groups is 2. The predicted octanol–water partition coefficient (Wildman–Crippen LogP) is 5.31. The molecule has 0 radical (unpaired) electrons. The molecule has 0 fully saturated rings. The van der Waals surface area contributed by atoms with Gasteiger partial charge in [0.25, 0.3) is 0 Å². The van der Waals surface area contributed by atoms with Gasteiger partial charge in [0.1, 0.15) is 5.75 Å². The summed E-state index contributed by atoms with van der Waals surface area (Å²) in [5.74, 6) is 1.27. The molecule has 0 aliphatic heterocycles. The summed E-state index contributed by atoms with van der Waals surface area (Å²) in [4.78, 5) is 18.1. The highest BCUT2D eigenvalue weighted by atomic mass is 32.4. The van der Waals surface area contributed by atoms with Gasteiger partial charge in [-0.2, -0.15) is 0 Å². The number of hydrogen-bond acceptors (Lipinski definition) is 8. The zero-order valence-electron chi connectivity index (χ0n) is 20.3. The van der Waals surface area contributed by atoms with Crippen molar-refractivity contribution in [3.8, 4) is 17.2 Å². The van der Waals surface area contributed by atoms with Crippen LogP contribution in [0.3, 0.4) is 0 Å². The highest BCUT2D eigenvalue weighted by Crippen LogP contribution is 2.39. The van der Waals surface area contributed by atoms with Crippen LogP contribution in [0.5, 0.6) is 17.2 Å². The Kier molecular flexibility index (Phi) is 10.8. The SMILES string of the molecule is CN(/N=C\c1ccc(O)cc1)[P+](=S)Oc1ccc(/C=N\N(C)[P+](=S)Oc2ccc(CP(=O)(O)O)cc2)cc1. The van der Waals surface area contributed by atoms with Crippen molar-refractivity contribution in [3.63, 3.8) is 0 Å². The summed E-state index contributed by atoms with van der Waals surface area (Å²) in [6, 6.07) is 20.3. The minimum absolute atomic E-state index is 0.188. The van der Waals surface area contributed by atoms with E-state index in [0.29, 0.717) is 17.1 Å². The Balaban J connectivity index is 1.49. The van der Waals surface area contributed by atoms with Crippen molar-refractivity contribution in [1.29, 1.82) is 0 Å². The van der Waals surface area contributed by atoms with E-state index in [2.05, 4.69) is 10.2 Å². The van der Waals surface area contributed by atoms with Gasteiger partial charge in [-0.3, -0.25) is 13.6 Å². The minimum Gasteiger partial charge on any atom is -0.508 e. The van der Waals surface area contributed by atoms with Gasteiger partial charge in [0.05, 0.1) is 32.7 Å². The topological polar surface area (TPSA) is 127 Å². The van der Waals surface area contributed by atoms with Crippen LogP contribution in [0.4, 0.5) is 0 Å². The lowest BCUT2D eigenvalue weighted by atomic mass is 10.2. The van der Waals surface area contributed by atoms with Crippen molar-refractivity contribution in [2.45, 2.75) is 6.16 Å². The smallest absolute Gasteiger partial charge is 0.508 e. The van der Waals surface area contributed by atoms with E-state index in [4.69, 9.17) is 42.4 Å². The average Bonchev–Trinajstić information content (AvgIpc) is 2.87. The van der Waals surface area contributed by atoms with Crippen LogP contribution in [-0.2, 0) is 34.3 Å². The van der Waals surface area contributed by atoms with Gasteiger partial charge in [0, 0.05) is 0 Å². The number of rotatable bonds is 12. The predicted molar refractivity (Wildman–Crippen MR) is 157 cm³/mol. The molecule has 0 saturated carbocycles. The first-order valence-electron chi connectivity index (χ1n) is 10.9. The molecule has 0 spiro atoms. The Hall–Kier alpha value is -2.81. The number of hydrogen-bond donors (Lipinski definition) is 3. The van der Waals surface area contributed by atoms with Gasteiger partial charge in [-0.05, 0) is 77.4 Å². The van der Waals surface area contributed by atoms with E-state index < -0.39 is 21.7 Å². The fraction of sp³-hybridized carbons (Fsp3) is 0.130. The molecule has 3 N–H and O–H groups in total. The first kappa shape index (κ1) is 29.7. The van der Waals surface area contributed by atoms with Crippen molar-refractivity contribution in [3.05, 3.63) is 89.5 Å². The van der Waals surface area contributed by atoms with Crippen LogP contribution in [0.1, 0.15) is 16.7 Å². The van der Waals surface area contributed by atoms with Gasteiger partial charge in [-0.15, -0.1) is 10.2 Å². The maximum absolute atomic E-state index is 11.1. The molecule has 0 aromatic heterocycles. The van der Waals surface area contributed by atoms with Gasteiger partial charge < -0.3 is 14.9 Å². The second kappa shape index (κ2) is 13.8. The van der Waals surface area contributed by atoms with Crippen molar-refractivity contribution in [2.75, 3.05) is 14.1 Å². The summed E-state index contributed by atoms with van der Waals surface area (Å²) in [6.07, 6.45) is 2.95. The first-order chi connectivity index (χ1) is 18.0. The lowest BCUT2D eigenvalue weighted by Gasteiger charge is -2.05. The van der Waals surface area contributed by atoms with E-state index in [1.165, 1.54) is 4.78 Å². The summed E-state index contributed by atoms with van der Waals surface area (Å²) in [7, 11) is -3.62. The third kappa shape index (κ3) is 10.2. The van der Waals surface area contributed by atoms with Crippen molar-refractivity contribution >= 4 is 57.8 Å². The van der Waals surface area contributed by atoms with Crippen molar-refractivity contribution in [1.82, 2.24) is 9.56 Å². The summed E-state index contributed by atoms with van der Waals surface area (Å²) in [5.41, 5.74) is 2.15.